The molecule has 0 amide bonds. The summed E-state index contributed by atoms with van der Waals surface area (Å²) in [7, 11) is 0. The summed E-state index contributed by atoms with van der Waals surface area (Å²) in [5.74, 6) is 0.524. The maximum absolute atomic E-state index is 12.0. The maximum Gasteiger partial charge on any atom is 0.132 e. The average Bonchev–Trinajstić information content (AvgIpc) is 2.80. The fourth-order valence-corrected chi connectivity index (χ4v) is 4.80. The van der Waals surface area contributed by atoms with E-state index in [1.165, 1.54) is 154 Å². The van der Waals surface area contributed by atoms with Gasteiger partial charge >= 0.3 is 0 Å². The predicted molar refractivity (Wildman–Crippen MR) is 146 cm³/mol. The molecule has 0 rings (SSSR count). The summed E-state index contributed by atoms with van der Waals surface area (Å²) in [6.45, 7) is 4.58. The predicted octanol–water partition coefficient (Wildman–Crippen LogP) is 11.5. The van der Waals surface area contributed by atoms with Gasteiger partial charge in [0.05, 0.1) is 0 Å². The molecule has 32 heavy (non-hydrogen) atoms. The van der Waals surface area contributed by atoms with Crippen LogP contribution in [0.2, 0.25) is 0 Å². The number of rotatable bonds is 28. The van der Waals surface area contributed by atoms with Crippen LogP contribution in [0.5, 0.6) is 0 Å². The third kappa shape index (κ3) is 27.7. The van der Waals surface area contributed by atoms with Gasteiger partial charge < -0.3 is 0 Å². The van der Waals surface area contributed by atoms with E-state index < -0.39 is 0 Å². The second-order valence-corrected chi connectivity index (χ2v) is 10.5. The highest BCUT2D eigenvalue weighted by atomic mass is 16.1. The third-order valence-corrected chi connectivity index (χ3v) is 7.12. The Morgan fingerprint density at radius 1 is 0.312 bits per heavy atom. The molecule has 0 atom stereocenters. The van der Waals surface area contributed by atoms with Crippen molar-refractivity contribution in [1.29, 1.82) is 0 Å². The molecule has 0 aromatic heterocycles. The zero-order chi connectivity index (χ0) is 23.4. The van der Waals surface area contributed by atoms with Crippen LogP contribution < -0.4 is 0 Å². The lowest BCUT2D eigenvalue weighted by Gasteiger charge is -2.04. The monoisotopic (exact) mass is 450 g/mol. The first-order valence-corrected chi connectivity index (χ1v) is 15.3. The van der Waals surface area contributed by atoms with E-state index in [4.69, 9.17) is 0 Å². The van der Waals surface area contributed by atoms with Crippen LogP contribution in [0.4, 0.5) is 0 Å². The van der Waals surface area contributed by atoms with Gasteiger partial charge in [-0.25, -0.2) is 0 Å². The molecule has 0 bridgehead atoms. The maximum atomic E-state index is 12.0. The van der Waals surface area contributed by atoms with Crippen LogP contribution in [0.1, 0.15) is 194 Å². The third-order valence-electron chi connectivity index (χ3n) is 7.12. The van der Waals surface area contributed by atoms with E-state index in [0.717, 1.165) is 25.7 Å². The van der Waals surface area contributed by atoms with Crippen LogP contribution in [0, 0.1) is 0 Å². The van der Waals surface area contributed by atoms with Crippen molar-refractivity contribution in [3.63, 3.8) is 0 Å². The molecule has 1 nitrogen and oxygen atoms in total. The van der Waals surface area contributed by atoms with Crippen LogP contribution in [0.15, 0.2) is 0 Å². The van der Waals surface area contributed by atoms with Gasteiger partial charge in [0.1, 0.15) is 5.78 Å². The summed E-state index contributed by atoms with van der Waals surface area (Å²) in [6.07, 6.45) is 37.5. The van der Waals surface area contributed by atoms with E-state index >= 15 is 0 Å². The SMILES string of the molecule is CCCCCCCCCCCCCCCCC(=O)CCCCCCCCCCCCCC. The van der Waals surface area contributed by atoms with Gasteiger partial charge in [-0.2, -0.15) is 0 Å². The van der Waals surface area contributed by atoms with Crippen LogP contribution in [0.3, 0.4) is 0 Å². The first kappa shape index (κ1) is 31.7. The minimum atomic E-state index is 0.524. The standard InChI is InChI=1S/C31H62O/c1-3-5-7-9-11-13-15-17-18-20-22-24-26-28-30-31(32)29-27-25-23-21-19-16-14-12-10-8-6-4-2/h3-30H2,1-2H3. The van der Waals surface area contributed by atoms with Crippen molar-refractivity contribution < 1.29 is 4.79 Å². The molecule has 0 saturated carbocycles. The van der Waals surface area contributed by atoms with Crippen molar-refractivity contribution in [3.8, 4) is 0 Å². The Bertz CT molecular complexity index is 348. The van der Waals surface area contributed by atoms with Gasteiger partial charge in [-0.05, 0) is 12.8 Å². The molecule has 0 spiro atoms. The van der Waals surface area contributed by atoms with E-state index in [1.807, 2.05) is 0 Å². The smallest absolute Gasteiger partial charge is 0.132 e. The molecular weight excluding hydrogens is 388 g/mol. The Hall–Kier alpha value is -0.330. The first-order valence-electron chi connectivity index (χ1n) is 15.3. The van der Waals surface area contributed by atoms with Gasteiger partial charge in [-0.3, -0.25) is 4.79 Å². The minimum Gasteiger partial charge on any atom is -0.300 e. The lowest BCUT2D eigenvalue weighted by Crippen LogP contribution is -1.97. The zero-order valence-corrected chi connectivity index (χ0v) is 22.7. The number of carbonyl (C=O) groups excluding carboxylic acids is 1. The number of hydrogen-bond acceptors (Lipinski definition) is 1. The van der Waals surface area contributed by atoms with Crippen LogP contribution in [-0.2, 0) is 4.79 Å². The van der Waals surface area contributed by atoms with Gasteiger partial charge in [0.15, 0.2) is 0 Å². The molecule has 0 N–H and O–H groups in total. The molecule has 0 aromatic carbocycles. The Kier molecular flexibility index (Phi) is 28.4. The highest BCUT2D eigenvalue weighted by Crippen LogP contribution is 2.15. The topological polar surface area (TPSA) is 17.1 Å². The highest BCUT2D eigenvalue weighted by molar-refractivity contribution is 5.78. The first-order chi connectivity index (χ1) is 15.8. The van der Waals surface area contributed by atoms with E-state index in [1.54, 1.807) is 0 Å². The van der Waals surface area contributed by atoms with Gasteiger partial charge in [-0.1, -0.05) is 168 Å². The molecule has 0 aliphatic rings. The van der Waals surface area contributed by atoms with Gasteiger partial charge in [0.25, 0.3) is 0 Å². The van der Waals surface area contributed by atoms with Crippen molar-refractivity contribution >= 4 is 5.78 Å². The molecule has 0 radical (unpaired) electrons. The van der Waals surface area contributed by atoms with Crippen molar-refractivity contribution in [2.75, 3.05) is 0 Å². The summed E-state index contributed by atoms with van der Waals surface area (Å²) in [5, 5.41) is 0. The number of ketones is 1. The quantitative estimate of drug-likeness (QED) is 0.108. The molecule has 0 unspecified atom stereocenters. The Morgan fingerprint density at radius 3 is 0.719 bits per heavy atom. The Balaban J connectivity index is 3.14. The molecule has 1 heteroatoms. The lowest BCUT2D eigenvalue weighted by atomic mass is 10.0. The molecular formula is C31H62O. The summed E-state index contributed by atoms with van der Waals surface area (Å²) in [5.41, 5.74) is 0. The van der Waals surface area contributed by atoms with Crippen LogP contribution >= 0.6 is 0 Å². The fraction of sp³-hybridized carbons (Fsp3) is 0.968. The molecule has 0 aliphatic heterocycles. The van der Waals surface area contributed by atoms with Gasteiger partial charge in [0.2, 0.25) is 0 Å². The van der Waals surface area contributed by atoms with Crippen molar-refractivity contribution in [2.45, 2.75) is 194 Å². The van der Waals surface area contributed by atoms with Crippen molar-refractivity contribution in [2.24, 2.45) is 0 Å². The molecule has 192 valence electrons. The van der Waals surface area contributed by atoms with Gasteiger partial charge in [-0.15, -0.1) is 0 Å². The average molecular weight is 451 g/mol. The zero-order valence-electron chi connectivity index (χ0n) is 22.7. The Labute approximate surface area is 204 Å². The van der Waals surface area contributed by atoms with Crippen molar-refractivity contribution in [3.05, 3.63) is 0 Å². The van der Waals surface area contributed by atoms with Gasteiger partial charge in [0, 0.05) is 12.8 Å². The summed E-state index contributed by atoms with van der Waals surface area (Å²) in [6, 6.07) is 0. The number of carbonyl (C=O) groups is 1. The molecule has 0 fully saturated rings. The highest BCUT2D eigenvalue weighted by Gasteiger charge is 2.02. The largest absolute Gasteiger partial charge is 0.300 e. The lowest BCUT2D eigenvalue weighted by molar-refractivity contribution is -0.119. The molecule has 0 heterocycles. The van der Waals surface area contributed by atoms with E-state index in [0.29, 0.717) is 5.78 Å². The summed E-state index contributed by atoms with van der Waals surface area (Å²) in [4.78, 5) is 12.0. The summed E-state index contributed by atoms with van der Waals surface area (Å²) < 4.78 is 0. The van der Waals surface area contributed by atoms with Crippen LogP contribution in [0.25, 0.3) is 0 Å². The fourth-order valence-electron chi connectivity index (χ4n) is 4.80. The minimum absolute atomic E-state index is 0.524. The number of hydrogen-bond donors (Lipinski definition) is 0. The van der Waals surface area contributed by atoms with E-state index in [9.17, 15) is 4.79 Å². The molecule has 0 aromatic rings. The normalized spacial score (nSPS) is 11.3. The number of Topliss-reactive ketones (excluding diaryl/α,β-unsaturated/α-hetero) is 1. The van der Waals surface area contributed by atoms with E-state index in [2.05, 4.69) is 13.8 Å². The molecule has 0 saturated heterocycles. The second-order valence-electron chi connectivity index (χ2n) is 10.5. The van der Waals surface area contributed by atoms with E-state index in [-0.39, 0.29) is 0 Å². The van der Waals surface area contributed by atoms with Crippen molar-refractivity contribution in [1.82, 2.24) is 0 Å². The number of unbranched alkanes of at least 4 members (excludes halogenated alkanes) is 24. The van der Waals surface area contributed by atoms with Crippen LogP contribution in [-0.4, -0.2) is 5.78 Å². The summed E-state index contributed by atoms with van der Waals surface area (Å²) >= 11 is 0. The Morgan fingerprint density at radius 2 is 0.500 bits per heavy atom. The second kappa shape index (κ2) is 28.7. The molecule has 0 aliphatic carbocycles.